The molecule has 1 aromatic heterocycles. The molecule has 0 fully saturated rings. The third kappa shape index (κ3) is 2.46. The highest BCUT2D eigenvalue weighted by Crippen LogP contribution is 2.04. The molecule has 0 spiro atoms. The summed E-state index contributed by atoms with van der Waals surface area (Å²) in [5.74, 6) is 0. The number of amides is 2. The number of nitrogens with one attached hydrogen (secondary N) is 2. The Bertz CT molecular complexity index is 284. The molecule has 6 nitrogen and oxygen atoms in total. The van der Waals surface area contributed by atoms with E-state index in [9.17, 15) is 4.79 Å². The van der Waals surface area contributed by atoms with Crippen molar-refractivity contribution in [3.63, 3.8) is 0 Å². The number of nitrogens with two attached hydrogens (primary N) is 1. The van der Waals surface area contributed by atoms with Crippen LogP contribution in [0.2, 0.25) is 0 Å². The Kier molecular flexibility index (Phi) is 3.47. The summed E-state index contributed by atoms with van der Waals surface area (Å²) in [5, 5.41) is 9.00. The minimum Gasteiger partial charge on any atom is -0.328 e. The zero-order valence-electron chi connectivity index (χ0n) is 8.32. The van der Waals surface area contributed by atoms with E-state index in [0.717, 1.165) is 0 Å². The molecule has 0 aliphatic rings. The monoisotopic (exact) mass is 197 g/mol. The van der Waals surface area contributed by atoms with E-state index < -0.39 is 0 Å². The summed E-state index contributed by atoms with van der Waals surface area (Å²) in [5.41, 5.74) is 6.09. The van der Waals surface area contributed by atoms with Gasteiger partial charge in [-0.25, -0.2) is 4.79 Å². The predicted molar refractivity (Wildman–Crippen MR) is 53.9 cm³/mol. The molecule has 6 heteroatoms. The lowest BCUT2D eigenvalue weighted by Gasteiger charge is -2.23. The van der Waals surface area contributed by atoms with E-state index in [1.165, 1.54) is 0 Å². The second-order valence-electron chi connectivity index (χ2n) is 3.11. The molecule has 1 aromatic rings. The second-order valence-corrected chi connectivity index (χ2v) is 3.11. The van der Waals surface area contributed by atoms with Gasteiger partial charge in [-0.05, 0) is 6.92 Å². The van der Waals surface area contributed by atoms with Gasteiger partial charge in [0.1, 0.15) is 0 Å². The standard InChI is InChI=1S/C8H15N5O/c1-6(3-9)13(2)8(14)12-7-4-10-11-5-7/h4-6H,3,9H2,1-2H3,(H,10,11)(H,12,14). The summed E-state index contributed by atoms with van der Waals surface area (Å²) in [6.45, 7) is 2.32. The lowest BCUT2D eigenvalue weighted by atomic mass is 10.3. The number of rotatable bonds is 3. The van der Waals surface area contributed by atoms with Crippen molar-refractivity contribution in [1.29, 1.82) is 0 Å². The Labute approximate surface area is 82.5 Å². The van der Waals surface area contributed by atoms with Gasteiger partial charge >= 0.3 is 6.03 Å². The van der Waals surface area contributed by atoms with Gasteiger partial charge in [-0.2, -0.15) is 5.10 Å². The van der Waals surface area contributed by atoms with E-state index in [0.29, 0.717) is 12.2 Å². The van der Waals surface area contributed by atoms with Crippen molar-refractivity contribution >= 4 is 11.7 Å². The van der Waals surface area contributed by atoms with Crippen LogP contribution < -0.4 is 11.1 Å². The number of aromatic nitrogens is 2. The molecule has 1 rings (SSSR count). The number of nitrogens with zero attached hydrogens (tertiary/aromatic N) is 2. The maximum atomic E-state index is 11.5. The maximum absolute atomic E-state index is 11.5. The Hall–Kier alpha value is -1.56. The molecule has 14 heavy (non-hydrogen) atoms. The first kappa shape index (κ1) is 10.5. The Morgan fingerprint density at radius 1 is 1.86 bits per heavy atom. The number of carbonyl (C=O) groups is 1. The first-order valence-electron chi connectivity index (χ1n) is 4.37. The van der Waals surface area contributed by atoms with Crippen molar-refractivity contribution in [2.24, 2.45) is 5.73 Å². The number of anilines is 1. The molecule has 0 aliphatic heterocycles. The number of hydrogen-bond donors (Lipinski definition) is 3. The van der Waals surface area contributed by atoms with Crippen molar-refractivity contribution in [2.75, 3.05) is 18.9 Å². The minimum absolute atomic E-state index is 0.0156. The summed E-state index contributed by atoms with van der Waals surface area (Å²) < 4.78 is 0. The maximum Gasteiger partial charge on any atom is 0.321 e. The molecule has 0 radical (unpaired) electrons. The van der Waals surface area contributed by atoms with E-state index in [4.69, 9.17) is 5.73 Å². The van der Waals surface area contributed by atoms with Crippen LogP contribution in [0.15, 0.2) is 12.4 Å². The van der Waals surface area contributed by atoms with Gasteiger partial charge < -0.3 is 16.0 Å². The molecule has 0 saturated carbocycles. The fourth-order valence-corrected chi connectivity index (χ4v) is 0.889. The summed E-state index contributed by atoms with van der Waals surface area (Å²) >= 11 is 0. The fraction of sp³-hybridized carbons (Fsp3) is 0.500. The largest absolute Gasteiger partial charge is 0.328 e. The van der Waals surface area contributed by atoms with Crippen molar-refractivity contribution in [3.8, 4) is 0 Å². The highest BCUT2D eigenvalue weighted by Gasteiger charge is 2.14. The first-order chi connectivity index (χ1) is 6.65. The molecule has 1 atom stereocenters. The Morgan fingerprint density at radius 3 is 3.07 bits per heavy atom. The minimum atomic E-state index is -0.190. The van der Waals surface area contributed by atoms with Crippen LogP contribution in [-0.4, -0.2) is 40.8 Å². The summed E-state index contributed by atoms with van der Waals surface area (Å²) in [6, 6.07) is -0.175. The molecular formula is C8H15N5O. The molecule has 1 unspecified atom stereocenters. The summed E-state index contributed by atoms with van der Waals surface area (Å²) in [6.07, 6.45) is 3.15. The van der Waals surface area contributed by atoms with Crippen molar-refractivity contribution < 1.29 is 4.79 Å². The zero-order chi connectivity index (χ0) is 10.6. The van der Waals surface area contributed by atoms with Crippen LogP contribution in [0.4, 0.5) is 10.5 Å². The predicted octanol–water partition coefficient (Wildman–Crippen LogP) is 0.221. The van der Waals surface area contributed by atoms with Crippen LogP contribution in [0.1, 0.15) is 6.92 Å². The van der Waals surface area contributed by atoms with Gasteiger partial charge in [0.15, 0.2) is 0 Å². The molecule has 78 valence electrons. The topological polar surface area (TPSA) is 87.0 Å². The lowest BCUT2D eigenvalue weighted by Crippen LogP contribution is -2.42. The van der Waals surface area contributed by atoms with Gasteiger partial charge in [0.05, 0.1) is 11.9 Å². The van der Waals surface area contributed by atoms with Crippen molar-refractivity contribution in [1.82, 2.24) is 15.1 Å². The molecule has 0 aliphatic carbocycles. The number of aromatic amines is 1. The average molecular weight is 197 g/mol. The molecule has 2 amide bonds. The van der Waals surface area contributed by atoms with Crippen LogP contribution in [0.25, 0.3) is 0 Å². The van der Waals surface area contributed by atoms with E-state index in [2.05, 4.69) is 15.5 Å². The van der Waals surface area contributed by atoms with Crippen LogP contribution in [-0.2, 0) is 0 Å². The number of carbonyl (C=O) groups excluding carboxylic acids is 1. The van der Waals surface area contributed by atoms with E-state index in [1.54, 1.807) is 24.3 Å². The Balaban J connectivity index is 2.50. The van der Waals surface area contributed by atoms with Crippen LogP contribution in [0.5, 0.6) is 0 Å². The Morgan fingerprint density at radius 2 is 2.57 bits per heavy atom. The second kappa shape index (κ2) is 4.61. The number of urea groups is 1. The molecule has 0 bridgehead atoms. The summed E-state index contributed by atoms with van der Waals surface area (Å²) in [7, 11) is 1.70. The molecule has 0 aromatic carbocycles. The van der Waals surface area contributed by atoms with Crippen molar-refractivity contribution in [3.05, 3.63) is 12.4 Å². The van der Waals surface area contributed by atoms with Gasteiger partial charge in [0, 0.05) is 25.8 Å². The zero-order valence-corrected chi connectivity index (χ0v) is 8.32. The van der Waals surface area contributed by atoms with Gasteiger partial charge in [-0.3, -0.25) is 5.10 Å². The van der Waals surface area contributed by atoms with Crippen LogP contribution in [0, 0.1) is 0 Å². The lowest BCUT2D eigenvalue weighted by molar-refractivity contribution is 0.209. The quantitative estimate of drug-likeness (QED) is 0.647. The van der Waals surface area contributed by atoms with Crippen LogP contribution >= 0.6 is 0 Å². The molecule has 1 heterocycles. The number of H-pyrrole nitrogens is 1. The van der Waals surface area contributed by atoms with E-state index in [1.807, 2.05) is 6.92 Å². The normalized spacial score (nSPS) is 12.2. The third-order valence-corrected chi connectivity index (χ3v) is 2.07. The van der Waals surface area contributed by atoms with Gasteiger partial charge in [-0.15, -0.1) is 0 Å². The van der Waals surface area contributed by atoms with Crippen LogP contribution in [0.3, 0.4) is 0 Å². The number of hydrogen-bond acceptors (Lipinski definition) is 3. The first-order valence-corrected chi connectivity index (χ1v) is 4.37. The average Bonchev–Trinajstić information content (AvgIpc) is 2.68. The highest BCUT2D eigenvalue weighted by molar-refractivity contribution is 5.88. The SMILES string of the molecule is CC(CN)N(C)C(=O)Nc1cn[nH]c1. The fourth-order valence-electron chi connectivity index (χ4n) is 0.889. The van der Waals surface area contributed by atoms with E-state index >= 15 is 0 Å². The van der Waals surface area contributed by atoms with E-state index in [-0.39, 0.29) is 12.1 Å². The van der Waals surface area contributed by atoms with Gasteiger partial charge in [-0.1, -0.05) is 0 Å². The molecule has 4 N–H and O–H groups in total. The smallest absolute Gasteiger partial charge is 0.321 e. The van der Waals surface area contributed by atoms with Crippen molar-refractivity contribution in [2.45, 2.75) is 13.0 Å². The third-order valence-electron chi connectivity index (χ3n) is 2.07. The molecule has 0 saturated heterocycles. The summed E-state index contributed by atoms with van der Waals surface area (Å²) in [4.78, 5) is 13.1. The van der Waals surface area contributed by atoms with Gasteiger partial charge in [0.2, 0.25) is 0 Å². The number of likely N-dealkylation sites (N-methyl/N-ethyl adjacent to an activating group) is 1. The highest BCUT2D eigenvalue weighted by atomic mass is 16.2. The molecular weight excluding hydrogens is 182 g/mol. The van der Waals surface area contributed by atoms with Gasteiger partial charge in [0.25, 0.3) is 0 Å².